The first kappa shape index (κ1) is 13.2. The molecule has 0 aliphatic carbocycles. The van der Waals surface area contributed by atoms with E-state index in [1.54, 1.807) is 24.5 Å². The molecule has 16 heavy (non-hydrogen) atoms. The predicted octanol–water partition coefficient (Wildman–Crippen LogP) is 2.68. The van der Waals surface area contributed by atoms with Crippen molar-refractivity contribution in [2.24, 2.45) is 5.73 Å². The SMILES string of the molecule is CSc1ccccc1OC(CN)C(F)(F)F. The summed E-state index contributed by atoms with van der Waals surface area (Å²) in [5.41, 5.74) is 5.05. The number of hydrogen-bond donors (Lipinski definition) is 1. The van der Waals surface area contributed by atoms with Gasteiger partial charge in [-0.15, -0.1) is 11.8 Å². The van der Waals surface area contributed by atoms with Gasteiger partial charge in [-0.3, -0.25) is 0 Å². The first-order valence-corrected chi connectivity index (χ1v) is 5.78. The Labute approximate surface area is 96.0 Å². The zero-order valence-electron chi connectivity index (χ0n) is 8.62. The summed E-state index contributed by atoms with van der Waals surface area (Å²) in [7, 11) is 0. The molecule has 2 nitrogen and oxygen atoms in total. The molecule has 0 radical (unpaired) electrons. The molecule has 0 aliphatic rings. The van der Waals surface area contributed by atoms with E-state index in [-0.39, 0.29) is 5.75 Å². The summed E-state index contributed by atoms with van der Waals surface area (Å²) in [5, 5.41) is 0. The minimum Gasteiger partial charge on any atom is -0.478 e. The standard InChI is InChI=1S/C10H12F3NOS/c1-16-8-5-3-2-4-7(8)15-9(6-14)10(11,12)13/h2-5,9H,6,14H2,1H3. The maximum atomic E-state index is 12.4. The second kappa shape index (κ2) is 5.45. The Hall–Kier alpha value is -0.880. The number of thioether (sulfide) groups is 1. The molecule has 0 bridgehead atoms. The Balaban J connectivity index is 2.86. The van der Waals surface area contributed by atoms with Crippen molar-refractivity contribution in [3.63, 3.8) is 0 Å². The Kier molecular flexibility index (Phi) is 4.49. The van der Waals surface area contributed by atoms with E-state index >= 15 is 0 Å². The number of hydrogen-bond acceptors (Lipinski definition) is 3. The third-order valence-electron chi connectivity index (χ3n) is 1.92. The summed E-state index contributed by atoms with van der Waals surface area (Å²) in [6.45, 7) is -0.591. The van der Waals surface area contributed by atoms with Crippen LogP contribution in [0.1, 0.15) is 0 Å². The van der Waals surface area contributed by atoms with Gasteiger partial charge in [-0.25, -0.2) is 0 Å². The summed E-state index contributed by atoms with van der Waals surface area (Å²) < 4.78 is 42.2. The van der Waals surface area contributed by atoms with E-state index in [1.165, 1.54) is 17.8 Å². The van der Waals surface area contributed by atoms with Crippen molar-refractivity contribution in [3.05, 3.63) is 24.3 Å². The second-order valence-electron chi connectivity index (χ2n) is 3.03. The molecule has 0 spiro atoms. The molecule has 6 heteroatoms. The van der Waals surface area contributed by atoms with Gasteiger partial charge < -0.3 is 10.5 Å². The number of benzene rings is 1. The lowest BCUT2D eigenvalue weighted by Crippen LogP contribution is -2.40. The highest BCUT2D eigenvalue weighted by molar-refractivity contribution is 7.98. The lowest BCUT2D eigenvalue weighted by atomic mass is 10.3. The second-order valence-corrected chi connectivity index (χ2v) is 3.88. The van der Waals surface area contributed by atoms with Crippen LogP contribution in [0.15, 0.2) is 29.2 Å². The van der Waals surface area contributed by atoms with Crippen LogP contribution in [-0.4, -0.2) is 25.1 Å². The van der Waals surface area contributed by atoms with E-state index in [0.717, 1.165) is 0 Å². The normalized spacial score (nSPS) is 13.6. The molecule has 0 heterocycles. The highest BCUT2D eigenvalue weighted by Crippen LogP contribution is 2.31. The fourth-order valence-electron chi connectivity index (χ4n) is 1.12. The number of nitrogens with two attached hydrogens (primary N) is 1. The van der Waals surface area contributed by atoms with Crippen LogP contribution >= 0.6 is 11.8 Å². The van der Waals surface area contributed by atoms with Gasteiger partial charge in [0.2, 0.25) is 6.10 Å². The zero-order valence-corrected chi connectivity index (χ0v) is 9.44. The Morgan fingerprint density at radius 3 is 2.50 bits per heavy atom. The minimum absolute atomic E-state index is 0.211. The molecule has 2 N–H and O–H groups in total. The van der Waals surface area contributed by atoms with Gasteiger partial charge in [-0.05, 0) is 18.4 Å². The highest BCUT2D eigenvalue weighted by Gasteiger charge is 2.41. The maximum Gasteiger partial charge on any atom is 0.426 e. The third-order valence-corrected chi connectivity index (χ3v) is 2.69. The van der Waals surface area contributed by atoms with Gasteiger partial charge >= 0.3 is 6.18 Å². The Bertz CT molecular complexity index is 343. The van der Waals surface area contributed by atoms with Crippen LogP contribution in [-0.2, 0) is 0 Å². The molecule has 1 aromatic rings. The molecular weight excluding hydrogens is 239 g/mol. The average Bonchev–Trinajstić information content (AvgIpc) is 2.24. The van der Waals surface area contributed by atoms with Gasteiger partial charge in [0, 0.05) is 11.4 Å². The van der Waals surface area contributed by atoms with Gasteiger partial charge in [0.05, 0.1) is 0 Å². The van der Waals surface area contributed by atoms with E-state index in [9.17, 15) is 13.2 Å². The van der Waals surface area contributed by atoms with Crippen LogP contribution in [0.25, 0.3) is 0 Å². The van der Waals surface area contributed by atoms with Crippen LogP contribution in [0.2, 0.25) is 0 Å². The van der Waals surface area contributed by atoms with Gasteiger partial charge in [0.15, 0.2) is 0 Å². The average molecular weight is 251 g/mol. The van der Waals surface area contributed by atoms with E-state index < -0.39 is 18.8 Å². The summed E-state index contributed by atoms with van der Waals surface area (Å²) in [4.78, 5) is 0.658. The van der Waals surface area contributed by atoms with Crippen LogP contribution in [0, 0.1) is 0 Å². The molecule has 0 saturated carbocycles. The minimum atomic E-state index is -4.44. The lowest BCUT2D eigenvalue weighted by Gasteiger charge is -2.21. The first-order valence-electron chi connectivity index (χ1n) is 4.55. The molecular formula is C10H12F3NOS. The number of para-hydroxylation sites is 1. The van der Waals surface area contributed by atoms with E-state index in [1.807, 2.05) is 0 Å². The topological polar surface area (TPSA) is 35.2 Å². The van der Waals surface area contributed by atoms with Gasteiger partial charge in [0.25, 0.3) is 0 Å². The van der Waals surface area contributed by atoms with Gasteiger partial charge in [-0.1, -0.05) is 12.1 Å². The number of rotatable bonds is 4. The molecule has 0 aromatic heterocycles. The van der Waals surface area contributed by atoms with Crippen molar-refractivity contribution in [1.29, 1.82) is 0 Å². The predicted molar refractivity (Wildman–Crippen MR) is 57.7 cm³/mol. The van der Waals surface area contributed by atoms with Crippen LogP contribution in [0.5, 0.6) is 5.75 Å². The van der Waals surface area contributed by atoms with E-state index in [0.29, 0.717) is 4.90 Å². The summed E-state index contributed by atoms with van der Waals surface area (Å²) >= 11 is 1.33. The van der Waals surface area contributed by atoms with Crippen molar-refractivity contribution >= 4 is 11.8 Å². The number of halogens is 3. The van der Waals surface area contributed by atoms with Gasteiger partial charge in [-0.2, -0.15) is 13.2 Å². The number of alkyl halides is 3. The molecule has 1 atom stereocenters. The van der Waals surface area contributed by atoms with Gasteiger partial charge in [0.1, 0.15) is 5.75 Å². The van der Waals surface area contributed by atoms with E-state index in [2.05, 4.69) is 0 Å². The highest BCUT2D eigenvalue weighted by atomic mass is 32.2. The molecule has 1 unspecified atom stereocenters. The van der Waals surface area contributed by atoms with Crippen LogP contribution in [0.4, 0.5) is 13.2 Å². The molecule has 0 aliphatic heterocycles. The lowest BCUT2D eigenvalue weighted by molar-refractivity contribution is -0.192. The summed E-state index contributed by atoms with van der Waals surface area (Å²) in [6.07, 6.45) is -4.63. The summed E-state index contributed by atoms with van der Waals surface area (Å²) in [6, 6.07) is 6.56. The Morgan fingerprint density at radius 1 is 1.38 bits per heavy atom. The van der Waals surface area contributed by atoms with Crippen molar-refractivity contribution in [1.82, 2.24) is 0 Å². The molecule has 0 fully saturated rings. The third kappa shape index (κ3) is 3.31. The molecule has 0 saturated heterocycles. The molecule has 90 valence electrons. The molecule has 0 amide bonds. The molecule has 1 rings (SSSR count). The first-order chi connectivity index (χ1) is 7.49. The summed E-state index contributed by atoms with van der Waals surface area (Å²) in [5.74, 6) is 0.211. The van der Waals surface area contributed by atoms with Crippen molar-refractivity contribution in [2.45, 2.75) is 17.2 Å². The smallest absolute Gasteiger partial charge is 0.426 e. The number of ether oxygens (including phenoxy) is 1. The van der Waals surface area contributed by atoms with Crippen molar-refractivity contribution in [2.75, 3.05) is 12.8 Å². The molecule has 1 aromatic carbocycles. The zero-order chi connectivity index (χ0) is 12.2. The fourth-order valence-corrected chi connectivity index (χ4v) is 1.65. The maximum absolute atomic E-state index is 12.4. The van der Waals surface area contributed by atoms with Crippen LogP contribution in [0.3, 0.4) is 0 Å². The van der Waals surface area contributed by atoms with E-state index in [4.69, 9.17) is 10.5 Å². The monoisotopic (exact) mass is 251 g/mol. The van der Waals surface area contributed by atoms with Crippen molar-refractivity contribution in [3.8, 4) is 5.75 Å². The fraction of sp³-hybridized carbons (Fsp3) is 0.400. The largest absolute Gasteiger partial charge is 0.478 e. The Morgan fingerprint density at radius 2 is 2.00 bits per heavy atom. The van der Waals surface area contributed by atoms with Crippen molar-refractivity contribution < 1.29 is 17.9 Å². The van der Waals surface area contributed by atoms with Crippen LogP contribution < -0.4 is 10.5 Å². The quantitative estimate of drug-likeness (QED) is 0.836.